The Morgan fingerprint density at radius 1 is 0.914 bits per heavy atom. The molecule has 4 aromatic rings. The Balaban J connectivity index is 1.05. The average Bonchev–Trinajstić information content (AvgIpc) is 3.25. The van der Waals surface area contributed by atoms with E-state index in [4.69, 9.17) is 0 Å². The molecular weight excluding hydrogens is 438 g/mol. The van der Waals surface area contributed by atoms with Crippen molar-refractivity contribution in [2.45, 2.75) is 38.3 Å². The zero-order chi connectivity index (χ0) is 23.8. The van der Waals surface area contributed by atoms with Gasteiger partial charge < -0.3 is 9.88 Å². The standard InChI is InChI=1S/C28H31N5O2/c34-27(32-17-12-22(13-18-32)33-26-8-4-3-7-25(26)30-28(33)35)20-10-15-31(16-11-20)19-21-9-14-29-24-6-2-1-5-23(21)24/h1-9,14,20,22H,10-13,15-19H2,(H,30,35). The summed E-state index contributed by atoms with van der Waals surface area (Å²) in [5.41, 5.74) is 4.12. The first-order chi connectivity index (χ1) is 17.2. The van der Waals surface area contributed by atoms with Crippen LogP contribution >= 0.6 is 0 Å². The number of nitrogens with one attached hydrogen (secondary N) is 1. The van der Waals surface area contributed by atoms with Crippen molar-refractivity contribution in [3.8, 4) is 0 Å². The molecule has 7 heteroatoms. The summed E-state index contributed by atoms with van der Waals surface area (Å²) < 4.78 is 1.89. The van der Waals surface area contributed by atoms with Crippen molar-refractivity contribution >= 4 is 27.8 Å². The number of pyridine rings is 1. The molecule has 1 amide bonds. The molecule has 2 aromatic heterocycles. The van der Waals surface area contributed by atoms with Crippen LogP contribution in [-0.2, 0) is 11.3 Å². The highest BCUT2D eigenvalue weighted by atomic mass is 16.2. The zero-order valence-electron chi connectivity index (χ0n) is 19.9. The number of nitrogens with zero attached hydrogens (tertiary/aromatic N) is 4. The van der Waals surface area contributed by atoms with Gasteiger partial charge in [-0.1, -0.05) is 30.3 Å². The first-order valence-electron chi connectivity index (χ1n) is 12.7. The van der Waals surface area contributed by atoms with Crippen LogP contribution in [0.5, 0.6) is 0 Å². The van der Waals surface area contributed by atoms with Gasteiger partial charge in [-0.25, -0.2) is 4.79 Å². The summed E-state index contributed by atoms with van der Waals surface area (Å²) in [5, 5.41) is 1.21. The Morgan fingerprint density at radius 2 is 1.66 bits per heavy atom. The number of fused-ring (bicyclic) bond motifs is 2. The van der Waals surface area contributed by atoms with Crippen molar-refractivity contribution in [1.29, 1.82) is 0 Å². The molecule has 0 saturated carbocycles. The van der Waals surface area contributed by atoms with E-state index in [-0.39, 0.29) is 17.6 Å². The lowest BCUT2D eigenvalue weighted by molar-refractivity contribution is -0.138. The highest BCUT2D eigenvalue weighted by molar-refractivity contribution is 5.82. The van der Waals surface area contributed by atoms with Crippen molar-refractivity contribution in [3.63, 3.8) is 0 Å². The molecular formula is C28H31N5O2. The van der Waals surface area contributed by atoms with Crippen LogP contribution in [0.25, 0.3) is 21.9 Å². The molecule has 35 heavy (non-hydrogen) atoms. The van der Waals surface area contributed by atoms with E-state index in [0.29, 0.717) is 5.91 Å². The molecule has 2 fully saturated rings. The first kappa shape index (κ1) is 22.0. The topological polar surface area (TPSA) is 74.2 Å². The smallest absolute Gasteiger partial charge is 0.326 e. The van der Waals surface area contributed by atoms with E-state index in [9.17, 15) is 9.59 Å². The van der Waals surface area contributed by atoms with E-state index in [1.165, 1.54) is 10.9 Å². The van der Waals surface area contributed by atoms with Gasteiger partial charge in [-0.15, -0.1) is 0 Å². The van der Waals surface area contributed by atoms with Crippen molar-refractivity contribution in [2.75, 3.05) is 26.2 Å². The van der Waals surface area contributed by atoms with Crippen molar-refractivity contribution in [1.82, 2.24) is 24.3 Å². The predicted octanol–water partition coefficient (Wildman–Crippen LogP) is 3.95. The van der Waals surface area contributed by atoms with E-state index in [2.05, 4.69) is 39.1 Å². The molecule has 1 N–H and O–H groups in total. The number of hydrogen-bond acceptors (Lipinski definition) is 4. The monoisotopic (exact) mass is 469 g/mol. The Hall–Kier alpha value is -3.45. The average molecular weight is 470 g/mol. The number of carbonyl (C=O) groups excluding carboxylic acids is 1. The maximum atomic E-state index is 13.3. The SMILES string of the molecule is O=C(C1CCN(Cc2ccnc3ccccc23)CC1)N1CCC(n2c(=O)[nH]c3ccccc32)CC1. The predicted molar refractivity (Wildman–Crippen MR) is 137 cm³/mol. The van der Waals surface area contributed by atoms with E-state index < -0.39 is 0 Å². The molecule has 4 heterocycles. The summed E-state index contributed by atoms with van der Waals surface area (Å²) in [6, 6.07) is 18.4. The number of benzene rings is 2. The fourth-order valence-corrected chi connectivity index (χ4v) is 5.91. The summed E-state index contributed by atoms with van der Waals surface area (Å²) >= 11 is 0. The molecule has 180 valence electrons. The minimum Gasteiger partial charge on any atom is -0.342 e. The van der Waals surface area contributed by atoms with Crippen LogP contribution in [-0.4, -0.2) is 56.4 Å². The lowest BCUT2D eigenvalue weighted by atomic mass is 9.93. The number of rotatable bonds is 4. The summed E-state index contributed by atoms with van der Waals surface area (Å²) in [6.45, 7) is 4.22. The Morgan fingerprint density at radius 3 is 2.49 bits per heavy atom. The normalized spacial score (nSPS) is 18.5. The lowest BCUT2D eigenvalue weighted by Gasteiger charge is -2.37. The van der Waals surface area contributed by atoms with Crippen molar-refractivity contribution in [2.24, 2.45) is 5.92 Å². The molecule has 2 aromatic carbocycles. The van der Waals surface area contributed by atoms with E-state index in [1.54, 1.807) is 0 Å². The van der Waals surface area contributed by atoms with Crippen LogP contribution in [0.4, 0.5) is 0 Å². The third-order valence-electron chi connectivity index (χ3n) is 7.84. The van der Waals surface area contributed by atoms with Crippen molar-refractivity contribution in [3.05, 3.63) is 76.8 Å². The number of hydrogen-bond donors (Lipinski definition) is 1. The first-order valence-corrected chi connectivity index (χ1v) is 12.7. The van der Waals surface area contributed by atoms with Crippen LogP contribution in [0.2, 0.25) is 0 Å². The summed E-state index contributed by atoms with van der Waals surface area (Å²) in [7, 11) is 0. The molecule has 0 aliphatic carbocycles. The van der Waals surface area contributed by atoms with Gasteiger partial charge in [-0.2, -0.15) is 0 Å². The Kier molecular flexibility index (Phi) is 5.86. The number of carbonyl (C=O) groups is 1. The number of H-pyrrole nitrogens is 1. The number of amides is 1. The van der Waals surface area contributed by atoms with Gasteiger partial charge in [0.2, 0.25) is 5.91 Å². The second kappa shape index (κ2) is 9.30. The van der Waals surface area contributed by atoms with E-state index in [1.807, 2.05) is 46.0 Å². The number of imidazole rings is 1. The summed E-state index contributed by atoms with van der Waals surface area (Å²) in [6.07, 6.45) is 5.35. The Labute approximate surface area is 204 Å². The van der Waals surface area contributed by atoms with Crippen LogP contribution in [0.3, 0.4) is 0 Å². The van der Waals surface area contributed by atoms with Gasteiger partial charge in [0.25, 0.3) is 0 Å². The minimum absolute atomic E-state index is 0.0506. The third kappa shape index (κ3) is 4.25. The van der Waals surface area contributed by atoms with Crippen LogP contribution in [0.15, 0.2) is 65.6 Å². The number of para-hydroxylation sites is 3. The van der Waals surface area contributed by atoms with Gasteiger partial charge in [0, 0.05) is 43.2 Å². The van der Waals surface area contributed by atoms with Crippen molar-refractivity contribution < 1.29 is 4.79 Å². The van der Waals surface area contributed by atoms with Gasteiger partial charge in [0.05, 0.1) is 16.6 Å². The van der Waals surface area contributed by atoms with Gasteiger partial charge in [-0.3, -0.25) is 19.2 Å². The molecule has 2 saturated heterocycles. The molecule has 0 bridgehead atoms. The maximum Gasteiger partial charge on any atom is 0.326 e. The lowest BCUT2D eigenvalue weighted by Crippen LogP contribution is -2.46. The molecule has 6 rings (SSSR count). The number of likely N-dealkylation sites (tertiary alicyclic amines) is 2. The fraction of sp³-hybridized carbons (Fsp3) is 0.393. The van der Waals surface area contributed by atoms with Gasteiger partial charge in [0.15, 0.2) is 0 Å². The van der Waals surface area contributed by atoms with Gasteiger partial charge in [0.1, 0.15) is 0 Å². The molecule has 7 nitrogen and oxygen atoms in total. The molecule has 0 unspecified atom stereocenters. The quantitative estimate of drug-likeness (QED) is 0.491. The minimum atomic E-state index is -0.0506. The molecule has 2 aliphatic heterocycles. The molecule has 0 radical (unpaired) electrons. The van der Waals surface area contributed by atoms with Gasteiger partial charge in [-0.05, 0) is 68.6 Å². The largest absolute Gasteiger partial charge is 0.342 e. The summed E-state index contributed by atoms with van der Waals surface area (Å²) in [5.74, 6) is 0.400. The maximum absolute atomic E-state index is 13.3. The van der Waals surface area contributed by atoms with Crippen LogP contribution in [0.1, 0.15) is 37.3 Å². The number of piperidine rings is 2. The zero-order valence-corrected chi connectivity index (χ0v) is 19.9. The second-order valence-electron chi connectivity index (χ2n) is 9.91. The van der Waals surface area contributed by atoms with Crippen LogP contribution < -0.4 is 5.69 Å². The second-order valence-corrected chi connectivity index (χ2v) is 9.91. The highest BCUT2D eigenvalue weighted by Gasteiger charge is 2.32. The number of aromatic amines is 1. The van der Waals surface area contributed by atoms with Crippen LogP contribution in [0, 0.1) is 5.92 Å². The third-order valence-corrected chi connectivity index (χ3v) is 7.84. The fourth-order valence-electron chi connectivity index (χ4n) is 5.91. The molecule has 0 spiro atoms. The summed E-state index contributed by atoms with van der Waals surface area (Å²) in [4.78, 5) is 37.8. The number of aromatic nitrogens is 3. The van der Waals surface area contributed by atoms with E-state index >= 15 is 0 Å². The Bertz CT molecular complexity index is 1400. The molecule has 2 aliphatic rings. The molecule has 0 atom stereocenters. The van der Waals surface area contributed by atoms with Gasteiger partial charge >= 0.3 is 5.69 Å². The van der Waals surface area contributed by atoms with E-state index in [0.717, 1.165) is 75.0 Å². The highest BCUT2D eigenvalue weighted by Crippen LogP contribution is 2.28.